The molecular weight excluding hydrogens is 276 g/mol. The number of aromatic nitrogens is 1. The molecule has 2 rings (SSSR count). The van der Waals surface area contributed by atoms with Gasteiger partial charge in [-0.05, 0) is 24.1 Å². The van der Waals surface area contributed by atoms with Gasteiger partial charge in [-0.3, -0.25) is 4.79 Å². The van der Waals surface area contributed by atoms with Crippen molar-refractivity contribution in [3.63, 3.8) is 0 Å². The minimum absolute atomic E-state index is 0.0410. The van der Waals surface area contributed by atoms with Crippen LogP contribution in [0.5, 0.6) is 0 Å². The van der Waals surface area contributed by atoms with Crippen LogP contribution in [-0.4, -0.2) is 22.0 Å². The van der Waals surface area contributed by atoms with E-state index in [0.29, 0.717) is 11.4 Å². The number of carbonyl (C=O) groups excluding carboxylic acids is 1. The number of carboxylic acid groups (broad SMARTS) is 1. The first-order chi connectivity index (χ1) is 9.60. The lowest BCUT2D eigenvalue weighted by Gasteiger charge is -2.05. The summed E-state index contributed by atoms with van der Waals surface area (Å²) >= 11 is 1.02. The molecule has 0 aliphatic heterocycles. The van der Waals surface area contributed by atoms with Crippen LogP contribution in [0.3, 0.4) is 0 Å². The Balaban J connectivity index is 2.01. The molecule has 0 fully saturated rings. The van der Waals surface area contributed by atoms with E-state index in [1.54, 1.807) is 0 Å². The number of hydrogen-bond acceptors (Lipinski definition) is 4. The SMILES string of the molecule is CCc1ccc(NC(=O)Cc2ncsc2C(=O)O)cc1. The molecule has 0 saturated heterocycles. The number of benzene rings is 1. The van der Waals surface area contributed by atoms with Gasteiger partial charge in [0, 0.05) is 5.69 Å². The number of anilines is 1. The molecule has 2 aromatic rings. The average molecular weight is 290 g/mol. The summed E-state index contributed by atoms with van der Waals surface area (Å²) in [6.45, 7) is 2.06. The second kappa shape index (κ2) is 6.29. The van der Waals surface area contributed by atoms with Gasteiger partial charge in [0.1, 0.15) is 4.88 Å². The van der Waals surface area contributed by atoms with Crippen LogP contribution in [0.15, 0.2) is 29.8 Å². The third-order valence-corrected chi connectivity index (χ3v) is 3.67. The van der Waals surface area contributed by atoms with Gasteiger partial charge in [-0.2, -0.15) is 0 Å². The zero-order valence-corrected chi connectivity index (χ0v) is 11.7. The highest BCUT2D eigenvalue weighted by Gasteiger charge is 2.16. The summed E-state index contributed by atoms with van der Waals surface area (Å²) in [5.41, 5.74) is 3.61. The average Bonchev–Trinajstić information content (AvgIpc) is 2.87. The van der Waals surface area contributed by atoms with Gasteiger partial charge in [0.2, 0.25) is 5.91 Å². The zero-order valence-electron chi connectivity index (χ0n) is 10.9. The van der Waals surface area contributed by atoms with Crippen molar-refractivity contribution in [2.24, 2.45) is 0 Å². The number of amides is 1. The van der Waals surface area contributed by atoms with Crippen molar-refractivity contribution in [1.29, 1.82) is 0 Å². The number of carbonyl (C=O) groups is 2. The Morgan fingerprint density at radius 1 is 1.30 bits per heavy atom. The van der Waals surface area contributed by atoms with E-state index in [2.05, 4.69) is 17.2 Å². The van der Waals surface area contributed by atoms with Crippen LogP contribution < -0.4 is 5.32 Å². The van der Waals surface area contributed by atoms with E-state index in [0.717, 1.165) is 17.8 Å². The maximum absolute atomic E-state index is 11.9. The summed E-state index contributed by atoms with van der Waals surface area (Å²) in [7, 11) is 0. The van der Waals surface area contributed by atoms with Crippen molar-refractivity contribution in [2.45, 2.75) is 19.8 Å². The largest absolute Gasteiger partial charge is 0.477 e. The molecule has 1 heterocycles. The lowest BCUT2D eigenvalue weighted by atomic mass is 10.1. The Morgan fingerprint density at radius 3 is 2.60 bits per heavy atom. The Bertz CT molecular complexity index is 620. The molecule has 6 heteroatoms. The van der Waals surface area contributed by atoms with Crippen LogP contribution in [0, 0.1) is 0 Å². The van der Waals surface area contributed by atoms with Crippen LogP contribution in [0.4, 0.5) is 5.69 Å². The first-order valence-corrected chi connectivity index (χ1v) is 7.02. The van der Waals surface area contributed by atoms with Crippen LogP contribution in [0.25, 0.3) is 0 Å². The molecule has 0 radical (unpaired) electrons. The van der Waals surface area contributed by atoms with Crippen LogP contribution in [-0.2, 0) is 17.6 Å². The molecule has 0 spiro atoms. The summed E-state index contributed by atoms with van der Waals surface area (Å²) in [6, 6.07) is 7.55. The topological polar surface area (TPSA) is 79.3 Å². The third-order valence-electron chi connectivity index (χ3n) is 2.81. The summed E-state index contributed by atoms with van der Waals surface area (Å²) < 4.78 is 0. The van der Waals surface area contributed by atoms with Gasteiger partial charge in [-0.25, -0.2) is 9.78 Å². The quantitative estimate of drug-likeness (QED) is 0.887. The smallest absolute Gasteiger partial charge is 0.347 e. The van der Waals surface area contributed by atoms with Crippen molar-refractivity contribution < 1.29 is 14.7 Å². The van der Waals surface area contributed by atoms with Gasteiger partial charge in [-0.15, -0.1) is 11.3 Å². The van der Waals surface area contributed by atoms with Gasteiger partial charge >= 0.3 is 5.97 Å². The van der Waals surface area contributed by atoms with Gasteiger partial charge in [-0.1, -0.05) is 19.1 Å². The van der Waals surface area contributed by atoms with Gasteiger partial charge in [0.05, 0.1) is 17.6 Å². The summed E-state index contributed by atoms with van der Waals surface area (Å²) in [5.74, 6) is -1.33. The van der Waals surface area contributed by atoms with E-state index in [-0.39, 0.29) is 17.2 Å². The standard InChI is InChI=1S/C14H14N2O3S/c1-2-9-3-5-10(6-4-9)16-12(17)7-11-13(14(18)19)20-8-15-11/h3-6,8H,2,7H2,1H3,(H,16,17)(H,18,19). The zero-order chi connectivity index (χ0) is 14.5. The number of aromatic carboxylic acids is 1. The molecule has 0 atom stereocenters. The summed E-state index contributed by atoms with van der Waals surface area (Å²) in [6.07, 6.45) is 0.898. The maximum atomic E-state index is 11.9. The highest BCUT2D eigenvalue weighted by Crippen LogP contribution is 2.15. The maximum Gasteiger partial charge on any atom is 0.347 e. The van der Waals surface area contributed by atoms with E-state index < -0.39 is 5.97 Å². The van der Waals surface area contributed by atoms with E-state index in [1.165, 1.54) is 11.1 Å². The number of aryl methyl sites for hydroxylation is 1. The van der Waals surface area contributed by atoms with Crippen molar-refractivity contribution in [1.82, 2.24) is 4.98 Å². The second-order valence-electron chi connectivity index (χ2n) is 4.21. The molecule has 2 N–H and O–H groups in total. The van der Waals surface area contributed by atoms with Crippen LogP contribution in [0.2, 0.25) is 0 Å². The highest BCUT2D eigenvalue weighted by atomic mass is 32.1. The summed E-state index contributed by atoms with van der Waals surface area (Å²) in [5, 5.41) is 11.7. The Kier molecular flexibility index (Phi) is 4.47. The molecule has 1 amide bonds. The monoisotopic (exact) mass is 290 g/mol. The van der Waals surface area contributed by atoms with E-state index in [1.807, 2.05) is 24.3 Å². The molecule has 0 unspecified atom stereocenters. The minimum Gasteiger partial charge on any atom is -0.477 e. The normalized spacial score (nSPS) is 10.2. The highest BCUT2D eigenvalue weighted by molar-refractivity contribution is 7.11. The Labute approximate surface area is 120 Å². The number of nitrogens with zero attached hydrogens (tertiary/aromatic N) is 1. The van der Waals surface area contributed by atoms with Crippen molar-refractivity contribution in [3.8, 4) is 0 Å². The predicted molar refractivity (Wildman–Crippen MR) is 77.2 cm³/mol. The first kappa shape index (κ1) is 14.2. The first-order valence-electron chi connectivity index (χ1n) is 6.14. The fraction of sp³-hybridized carbons (Fsp3) is 0.214. The lowest BCUT2D eigenvalue weighted by molar-refractivity contribution is -0.115. The van der Waals surface area contributed by atoms with E-state index >= 15 is 0 Å². The van der Waals surface area contributed by atoms with Crippen molar-refractivity contribution in [2.75, 3.05) is 5.32 Å². The minimum atomic E-state index is -1.05. The number of rotatable bonds is 5. The van der Waals surface area contributed by atoms with Gasteiger partial charge < -0.3 is 10.4 Å². The molecule has 20 heavy (non-hydrogen) atoms. The third kappa shape index (κ3) is 3.42. The molecule has 1 aromatic heterocycles. The Hall–Kier alpha value is -2.21. The molecule has 104 valence electrons. The number of hydrogen-bond donors (Lipinski definition) is 2. The predicted octanol–water partition coefficient (Wildman–Crippen LogP) is 2.58. The van der Waals surface area contributed by atoms with E-state index in [4.69, 9.17) is 5.11 Å². The van der Waals surface area contributed by atoms with Gasteiger partial charge in [0.25, 0.3) is 0 Å². The van der Waals surface area contributed by atoms with Crippen LogP contribution in [0.1, 0.15) is 27.9 Å². The number of nitrogens with one attached hydrogen (secondary N) is 1. The van der Waals surface area contributed by atoms with Crippen molar-refractivity contribution >= 4 is 28.9 Å². The van der Waals surface area contributed by atoms with E-state index in [9.17, 15) is 9.59 Å². The molecule has 0 aliphatic carbocycles. The molecular formula is C14H14N2O3S. The van der Waals surface area contributed by atoms with Crippen LogP contribution >= 0.6 is 11.3 Å². The number of carboxylic acids is 1. The molecule has 5 nitrogen and oxygen atoms in total. The molecule has 0 bridgehead atoms. The van der Waals surface area contributed by atoms with Gasteiger partial charge in [0.15, 0.2) is 0 Å². The fourth-order valence-electron chi connectivity index (χ4n) is 1.75. The molecule has 0 saturated carbocycles. The molecule has 0 aliphatic rings. The summed E-state index contributed by atoms with van der Waals surface area (Å²) in [4.78, 5) is 26.8. The molecule has 1 aromatic carbocycles. The lowest BCUT2D eigenvalue weighted by Crippen LogP contribution is -2.16. The van der Waals surface area contributed by atoms with Crippen molar-refractivity contribution in [3.05, 3.63) is 45.9 Å². The Morgan fingerprint density at radius 2 is 2.00 bits per heavy atom. The second-order valence-corrected chi connectivity index (χ2v) is 5.06. The number of thiazole rings is 1. The fourth-order valence-corrected chi connectivity index (χ4v) is 2.40.